The summed E-state index contributed by atoms with van der Waals surface area (Å²) in [5.41, 5.74) is 1.03. The summed E-state index contributed by atoms with van der Waals surface area (Å²) in [7, 11) is 0. The molecule has 0 bridgehead atoms. The van der Waals surface area contributed by atoms with E-state index in [1.54, 1.807) is 0 Å². The number of ketones is 1. The van der Waals surface area contributed by atoms with Crippen LogP contribution in [0, 0.1) is 0 Å². The van der Waals surface area contributed by atoms with Gasteiger partial charge in [0.1, 0.15) is 0 Å². The molecule has 12 heavy (non-hydrogen) atoms. The van der Waals surface area contributed by atoms with Crippen LogP contribution < -0.4 is 0 Å². The summed E-state index contributed by atoms with van der Waals surface area (Å²) in [6.07, 6.45) is 1.81. The third-order valence-corrected chi connectivity index (χ3v) is 2.22. The van der Waals surface area contributed by atoms with Crippen molar-refractivity contribution in [2.24, 2.45) is 0 Å². The molecule has 0 aliphatic rings. The molecule has 0 radical (unpaired) electrons. The predicted octanol–water partition coefficient (Wildman–Crippen LogP) is 3.01. The SMILES string of the molecule is CC(=O)C(Br)=Cc1ccccc1. The van der Waals surface area contributed by atoms with Gasteiger partial charge in [-0.05, 0) is 34.5 Å². The Morgan fingerprint density at radius 2 is 1.92 bits per heavy atom. The van der Waals surface area contributed by atoms with Gasteiger partial charge in [-0.2, -0.15) is 0 Å². The van der Waals surface area contributed by atoms with Crippen LogP contribution in [0.3, 0.4) is 0 Å². The van der Waals surface area contributed by atoms with Gasteiger partial charge >= 0.3 is 0 Å². The third-order valence-electron chi connectivity index (χ3n) is 1.43. The van der Waals surface area contributed by atoms with Crippen molar-refractivity contribution in [1.82, 2.24) is 0 Å². The molecule has 2 heteroatoms. The average molecular weight is 225 g/mol. The van der Waals surface area contributed by atoms with Crippen LogP contribution in [-0.4, -0.2) is 5.78 Å². The van der Waals surface area contributed by atoms with Gasteiger partial charge in [-0.3, -0.25) is 4.79 Å². The van der Waals surface area contributed by atoms with E-state index in [1.165, 1.54) is 6.92 Å². The number of carbonyl (C=O) groups is 1. The van der Waals surface area contributed by atoms with E-state index >= 15 is 0 Å². The van der Waals surface area contributed by atoms with Gasteiger partial charge in [0.25, 0.3) is 0 Å². The Kier molecular flexibility index (Phi) is 3.23. The van der Waals surface area contributed by atoms with E-state index in [2.05, 4.69) is 15.9 Å². The summed E-state index contributed by atoms with van der Waals surface area (Å²) in [4.78, 5) is 10.8. The van der Waals surface area contributed by atoms with Crippen LogP contribution in [0.2, 0.25) is 0 Å². The molecule has 0 unspecified atom stereocenters. The lowest BCUT2D eigenvalue weighted by Crippen LogP contribution is -1.87. The van der Waals surface area contributed by atoms with Crippen molar-refractivity contribution in [3.8, 4) is 0 Å². The van der Waals surface area contributed by atoms with Crippen molar-refractivity contribution >= 4 is 27.8 Å². The smallest absolute Gasteiger partial charge is 0.166 e. The maximum absolute atomic E-state index is 10.8. The monoisotopic (exact) mass is 224 g/mol. The molecule has 62 valence electrons. The van der Waals surface area contributed by atoms with Crippen LogP contribution in [-0.2, 0) is 4.79 Å². The van der Waals surface area contributed by atoms with Crippen LogP contribution in [0.1, 0.15) is 12.5 Å². The fourth-order valence-electron chi connectivity index (χ4n) is 0.797. The second kappa shape index (κ2) is 4.21. The third kappa shape index (κ3) is 2.62. The molecule has 1 nitrogen and oxygen atoms in total. The molecule has 0 aromatic heterocycles. The first kappa shape index (κ1) is 9.20. The van der Waals surface area contributed by atoms with Crippen LogP contribution in [0.25, 0.3) is 6.08 Å². The average Bonchev–Trinajstić information content (AvgIpc) is 2.06. The maximum atomic E-state index is 10.8. The van der Waals surface area contributed by atoms with Gasteiger partial charge in [0.15, 0.2) is 5.78 Å². The topological polar surface area (TPSA) is 17.1 Å². The van der Waals surface area contributed by atoms with Crippen molar-refractivity contribution in [1.29, 1.82) is 0 Å². The molecule has 0 saturated carbocycles. The number of Topliss-reactive ketones (excluding diaryl/α,β-unsaturated/α-hetero) is 1. The summed E-state index contributed by atoms with van der Waals surface area (Å²) in [5, 5.41) is 0. The predicted molar refractivity (Wildman–Crippen MR) is 54.0 cm³/mol. The van der Waals surface area contributed by atoms with E-state index in [-0.39, 0.29) is 5.78 Å². The number of allylic oxidation sites excluding steroid dienone is 1. The zero-order chi connectivity index (χ0) is 8.97. The number of halogens is 1. The zero-order valence-corrected chi connectivity index (χ0v) is 8.34. The van der Waals surface area contributed by atoms with E-state index in [0.717, 1.165) is 5.56 Å². The normalized spacial score (nSPS) is 11.3. The Bertz CT molecular complexity index is 301. The van der Waals surface area contributed by atoms with Gasteiger partial charge in [-0.15, -0.1) is 0 Å². The molecule has 1 aromatic rings. The fourth-order valence-corrected chi connectivity index (χ4v) is 1.06. The molecule has 0 heterocycles. The number of benzene rings is 1. The van der Waals surface area contributed by atoms with Gasteiger partial charge in [-0.1, -0.05) is 30.3 Å². The summed E-state index contributed by atoms with van der Waals surface area (Å²) < 4.78 is 0.605. The van der Waals surface area contributed by atoms with Crippen LogP contribution in [0.5, 0.6) is 0 Å². The highest BCUT2D eigenvalue weighted by Crippen LogP contribution is 2.12. The zero-order valence-electron chi connectivity index (χ0n) is 6.75. The highest BCUT2D eigenvalue weighted by Gasteiger charge is 1.96. The van der Waals surface area contributed by atoms with Crippen molar-refractivity contribution in [2.75, 3.05) is 0 Å². The minimum Gasteiger partial charge on any atom is -0.294 e. The quantitative estimate of drug-likeness (QED) is 0.707. The molecule has 0 fully saturated rings. The van der Waals surface area contributed by atoms with Gasteiger partial charge in [0.2, 0.25) is 0 Å². The molecular formula is C10H9BrO. The van der Waals surface area contributed by atoms with Gasteiger partial charge in [0, 0.05) is 0 Å². The molecule has 0 atom stereocenters. The lowest BCUT2D eigenvalue weighted by molar-refractivity contribution is -0.112. The van der Waals surface area contributed by atoms with Crippen LogP contribution >= 0.6 is 15.9 Å². The highest BCUT2D eigenvalue weighted by molar-refractivity contribution is 9.12. The van der Waals surface area contributed by atoms with Crippen molar-refractivity contribution in [2.45, 2.75) is 6.92 Å². The van der Waals surface area contributed by atoms with Gasteiger partial charge in [-0.25, -0.2) is 0 Å². The highest BCUT2D eigenvalue weighted by atomic mass is 79.9. The maximum Gasteiger partial charge on any atom is 0.166 e. The molecule has 0 spiro atoms. The van der Waals surface area contributed by atoms with Gasteiger partial charge in [0.05, 0.1) is 4.48 Å². The molecule has 0 saturated heterocycles. The van der Waals surface area contributed by atoms with E-state index in [9.17, 15) is 4.79 Å². The number of carbonyl (C=O) groups excluding carboxylic acids is 1. The lowest BCUT2D eigenvalue weighted by Gasteiger charge is -1.93. The van der Waals surface area contributed by atoms with E-state index in [4.69, 9.17) is 0 Å². The molecular weight excluding hydrogens is 216 g/mol. The fraction of sp³-hybridized carbons (Fsp3) is 0.100. The summed E-state index contributed by atoms with van der Waals surface area (Å²) in [6.45, 7) is 1.53. The standard InChI is InChI=1S/C10H9BrO/c1-8(12)10(11)7-9-5-3-2-4-6-9/h2-7H,1H3. The Balaban J connectivity index is 2.89. The Hall–Kier alpha value is -0.890. The first-order valence-electron chi connectivity index (χ1n) is 3.63. The lowest BCUT2D eigenvalue weighted by atomic mass is 10.2. The minimum atomic E-state index is 0.0406. The second-order valence-electron chi connectivity index (χ2n) is 2.46. The number of rotatable bonds is 2. The largest absolute Gasteiger partial charge is 0.294 e. The molecule has 1 rings (SSSR count). The second-order valence-corrected chi connectivity index (χ2v) is 3.31. The minimum absolute atomic E-state index is 0.0406. The Morgan fingerprint density at radius 3 is 2.42 bits per heavy atom. The first-order valence-corrected chi connectivity index (χ1v) is 4.42. The van der Waals surface area contributed by atoms with E-state index in [1.807, 2.05) is 36.4 Å². The van der Waals surface area contributed by atoms with Crippen molar-refractivity contribution in [3.63, 3.8) is 0 Å². The van der Waals surface area contributed by atoms with E-state index < -0.39 is 0 Å². The molecule has 0 aliphatic carbocycles. The van der Waals surface area contributed by atoms with Crippen molar-refractivity contribution < 1.29 is 4.79 Å². The summed E-state index contributed by atoms with van der Waals surface area (Å²) >= 11 is 3.19. The van der Waals surface area contributed by atoms with E-state index in [0.29, 0.717) is 4.48 Å². The Labute approximate surface area is 80.2 Å². The molecule has 0 aliphatic heterocycles. The van der Waals surface area contributed by atoms with Crippen molar-refractivity contribution in [3.05, 3.63) is 40.4 Å². The van der Waals surface area contributed by atoms with Crippen LogP contribution in [0.4, 0.5) is 0 Å². The first-order chi connectivity index (χ1) is 5.70. The number of hydrogen-bond acceptors (Lipinski definition) is 1. The molecule has 0 N–H and O–H groups in total. The number of hydrogen-bond donors (Lipinski definition) is 0. The Morgan fingerprint density at radius 1 is 1.33 bits per heavy atom. The molecule has 1 aromatic carbocycles. The van der Waals surface area contributed by atoms with Crippen LogP contribution in [0.15, 0.2) is 34.8 Å². The molecule has 0 amide bonds. The summed E-state index contributed by atoms with van der Waals surface area (Å²) in [6, 6.07) is 9.71. The summed E-state index contributed by atoms with van der Waals surface area (Å²) in [5.74, 6) is 0.0406. The van der Waals surface area contributed by atoms with Gasteiger partial charge < -0.3 is 0 Å².